The zero-order valence-electron chi connectivity index (χ0n) is 18.9. The Bertz CT molecular complexity index is 1360. The van der Waals surface area contributed by atoms with Crippen LogP contribution in [0.15, 0.2) is 47.4 Å². The SMILES string of the molecule is C#CCn1cc(C(=O)NC(CC(=O)NC2CCCC2)c2ccccc2)c(=O)c2cc(F)c(Cl)nc21. The topological polar surface area (TPSA) is 93.1 Å². The quantitative estimate of drug-likeness (QED) is 0.386. The van der Waals surface area contributed by atoms with Gasteiger partial charge in [0.25, 0.3) is 5.91 Å². The molecule has 9 heteroatoms. The van der Waals surface area contributed by atoms with Crippen LogP contribution in [-0.4, -0.2) is 27.4 Å². The minimum Gasteiger partial charge on any atom is -0.353 e. The van der Waals surface area contributed by atoms with Crippen LogP contribution in [0.1, 0.15) is 54.1 Å². The summed E-state index contributed by atoms with van der Waals surface area (Å²) >= 11 is 5.79. The van der Waals surface area contributed by atoms with Crippen molar-refractivity contribution in [2.75, 3.05) is 0 Å². The van der Waals surface area contributed by atoms with Gasteiger partial charge in [0, 0.05) is 12.2 Å². The van der Waals surface area contributed by atoms with Crippen LogP contribution in [0.25, 0.3) is 11.0 Å². The summed E-state index contributed by atoms with van der Waals surface area (Å²) in [5.74, 6) is 0.647. The fraction of sp³-hybridized carbons (Fsp3) is 0.308. The summed E-state index contributed by atoms with van der Waals surface area (Å²) in [7, 11) is 0. The van der Waals surface area contributed by atoms with Gasteiger partial charge in [-0.05, 0) is 24.5 Å². The zero-order valence-corrected chi connectivity index (χ0v) is 19.6. The van der Waals surface area contributed by atoms with Gasteiger partial charge in [-0.1, -0.05) is 60.7 Å². The summed E-state index contributed by atoms with van der Waals surface area (Å²) in [6.07, 6.45) is 10.8. The highest BCUT2D eigenvalue weighted by Crippen LogP contribution is 2.22. The second-order valence-corrected chi connectivity index (χ2v) is 8.88. The molecular weight excluding hydrogens is 471 g/mol. The fourth-order valence-electron chi connectivity index (χ4n) is 4.36. The third-order valence-corrected chi connectivity index (χ3v) is 6.35. The highest BCUT2D eigenvalue weighted by molar-refractivity contribution is 6.29. The van der Waals surface area contributed by atoms with Crippen molar-refractivity contribution in [3.05, 3.63) is 74.9 Å². The fourth-order valence-corrected chi connectivity index (χ4v) is 4.50. The molecule has 2 N–H and O–H groups in total. The molecule has 0 aliphatic heterocycles. The first-order valence-electron chi connectivity index (χ1n) is 11.3. The van der Waals surface area contributed by atoms with Gasteiger partial charge >= 0.3 is 0 Å². The Labute approximate surface area is 206 Å². The van der Waals surface area contributed by atoms with E-state index in [2.05, 4.69) is 21.5 Å². The molecule has 1 saturated carbocycles. The molecule has 1 unspecified atom stereocenters. The number of rotatable bonds is 7. The summed E-state index contributed by atoms with van der Waals surface area (Å²) < 4.78 is 15.5. The Balaban J connectivity index is 1.66. The van der Waals surface area contributed by atoms with Gasteiger partial charge in [0.1, 0.15) is 11.2 Å². The summed E-state index contributed by atoms with van der Waals surface area (Å²) in [6, 6.07) is 9.44. The Hall–Kier alpha value is -3.70. The highest BCUT2D eigenvalue weighted by atomic mass is 35.5. The third-order valence-electron chi connectivity index (χ3n) is 6.08. The van der Waals surface area contributed by atoms with Crippen LogP contribution in [0.5, 0.6) is 0 Å². The van der Waals surface area contributed by atoms with Crippen LogP contribution >= 0.6 is 11.6 Å². The number of hydrogen-bond donors (Lipinski definition) is 2. The van der Waals surface area contributed by atoms with Crippen LogP contribution in [0.3, 0.4) is 0 Å². The van der Waals surface area contributed by atoms with Crippen molar-refractivity contribution < 1.29 is 14.0 Å². The van der Waals surface area contributed by atoms with Crippen molar-refractivity contribution >= 4 is 34.4 Å². The summed E-state index contributed by atoms with van der Waals surface area (Å²) in [4.78, 5) is 43.0. The molecule has 180 valence electrons. The van der Waals surface area contributed by atoms with Crippen molar-refractivity contribution in [2.24, 2.45) is 0 Å². The molecule has 1 aliphatic rings. The molecule has 1 atom stereocenters. The third kappa shape index (κ3) is 5.52. The van der Waals surface area contributed by atoms with E-state index in [0.717, 1.165) is 31.7 Å². The molecular formula is C26H24ClFN4O3. The molecule has 1 fully saturated rings. The molecule has 3 aromatic rings. The lowest BCUT2D eigenvalue weighted by atomic mass is 10.0. The predicted molar refractivity (Wildman–Crippen MR) is 131 cm³/mol. The lowest BCUT2D eigenvalue weighted by molar-refractivity contribution is -0.122. The maximum absolute atomic E-state index is 14.1. The van der Waals surface area contributed by atoms with Crippen LogP contribution in [0, 0.1) is 18.2 Å². The van der Waals surface area contributed by atoms with Gasteiger partial charge < -0.3 is 15.2 Å². The second-order valence-electron chi connectivity index (χ2n) is 8.53. The molecule has 2 amide bonds. The molecule has 0 bridgehead atoms. The Kier molecular flexibility index (Phi) is 7.47. The summed E-state index contributed by atoms with van der Waals surface area (Å²) in [5.41, 5.74) is -0.164. The van der Waals surface area contributed by atoms with Gasteiger partial charge in [0.15, 0.2) is 11.0 Å². The molecule has 2 aromatic heterocycles. The van der Waals surface area contributed by atoms with Crippen molar-refractivity contribution in [2.45, 2.75) is 50.7 Å². The number of benzene rings is 1. The minimum atomic E-state index is -0.883. The highest BCUT2D eigenvalue weighted by Gasteiger charge is 2.25. The van der Waals surface area contributed by atoms with Gasteiger partial charge in [-0.25, -0.2) is 9.37 Å². The number of fused-ring (bicyclic) bond motifs is 1. The minimum absolute atomic E-state index is 0.00414. The van der Waals surface area contributed by atoms with E-state index in [-0.39, 0.29) is 41.5 Å². The van der Waals surface area contributed by atoms with Gasteiger partial charge in [0.05, 0.1) is 24.4 Å². The number of aromatic nitrogens is 2. The molecule has 0 saturated heterocycles. The van der Waals surface area contributed by atoms with E-state index in [9.17, 15) is 18.8 Å². The lowest BCUT2D eigenvalue weighted by Gasteiger charge is -2.21. The zero-order chi connectivity index (χ0) is 24.9. The monoisotopic (exact) mass is 494 g/mol. The smallest absolute Gasteiger partial charge is 0.257 e. The predicted octanol–water partition coefficient (Wildman–Crippen LogP) is 3.74. The molecule has 1 aromatic carbocycles. The van der Waals surface area contributed by atoms with Crippen LogP contribution in [0.2, 0.25) is 5.15 Å². The van der Waals surface area contributed by atoms with E-state index in [1.807, 2.05) is 6.07 Å². The largest absolute Gasteiger partial charge is 0.353 e. The first-order valence-corrected chi connectivity index (χ1v) is 11.7. The van der Waals surface area contributed by atoms with Crippen molar-refractivity contribution in [3.8, 4) is 12.3 Å². The van der Waals surface area contributed by atoms with E-state index >= 15 is 0 Å². The number of carbonyl (C=O) groups is 2. The van der Waals surface area contributed by atoms with Gasteiger partial charge in [-0.15, -0.1) is 6.42 Å². The Morgan fingerprint density at radius 1 is 1.26 bits per heavy atom. The number of pyridine rings is 2. The Morgan fingerprint density at radius 3 is 2.66 bits per heavy atom. The average Bonchev–Trinajstić information content (AvgIpc) is 3.35. The molecule has 7 nitrogen and oxygen atoms in total. The second kappa shape index (κ2) is 10.7. The number of halogens is 2. The van der Waals surface area contributed by atoms with E-state index in [0.29, 0.717) is 5.56 Å². The first kappa shape index (κ1) is 24.4. The molecule has 1 aliphatic carbocycles. The van der Waals surface area contributed by atoms with Gasteiger partial charge in [-0.2, -0.15) is 0 Å². The first-order chi connectivity index (χ1) is 16.9. The van der Waals surface area contributed by atoms with Crippen LogP contribution in [0.4, 0.5) is 4.39 Å². The number of hydrogen-bond acceptors (Lipinski definition) is 4. The van der Waals surface area contributed by atoms with Crippen LogP contribution < -0.4 is 16.1 Å². The maximum Gasteiger partial charge on any atom is 0.257 e. The number of terminal acetylenes is 1. The average molecular weight is 495 g/mol. The number of nitrogens with zero attached hydrogens (tertiary/aromatic N) is 2. The Morgan fingerprint density at radius 2 is 1.97 bits per heavy atom. The van der Waals surface area contributed by atoms with E-state index < -0.39 is 28.3 Å². The molecule has 35 heavy (non-hydrogen) atoms. The summed E-state index contributed by atoms with van der Waals surface area (Å²) in [5, 5.41) is 5.30. The number of carbonyl (C=O) groups excluding carboxylic acids is 2. The molecule has 2 heterocycles. The van der Waals surface area contributed by atoms with Crippen LogP contribution in [-0.2, 0) is 11.3 Å². The standard InChI is InChI=1S/C26H24ClFN4O3/c1-2-12-32-15-19(23(34)18-13-20(28)24(27)31-25(18)32)26(35)30-21(16-8-4-3-5-9-16)14-22(33)29-17-10-6-7-11-17/h1,3-5,8-9,13,15,17,21H,6-7,10-12,14H2,(H,29,33)(H,30,35). The van der Waals surface area contributed by atoms with E-state index in [1.54, 1.807) is 24.3 Å². The maximum atomic E-state index is 14.1. The van der Waals surface area contributed by atoms with Crippen molar-refractivity contribution in [1.29, 1.82) is 0 Å². The molecule has 0 radical (unpaired) electrons. The molecule has 4 rings (SSSR count). The van der Waals surface area contributed by atoms with E-state index in [1.165, 1.54) is 10.8 Å². The molecule has 0 spiro atoms. The summed E-state index contributed by atoms with van der Waals surface area (Å²) in [6.45, 7) is -0.0159. The number of amides is 2. The van der Waals surface area contributed by atoms with Gasteiger partial charge in [0.2, 0.25) is 11.3 Å². The van der Waals surface area contributed by atoms with Crippen molar-refractivity contribution in [1.82, 2.24) is 20.2 Å². The van der Waals surface area contributed by atoms with Gasteiger partial charge in [-0.3, -0.25) is 14.4 Å². The van der Waals surface area contributed by atoms with E-state index in [4.69, 9.17) is 18.0 Å². The normalized spacial score (nSPS) is 14.4. The van der Waals surface area contributed by atoms with Crippen molar-refractivity contribution in [3.63, 3.8) is 0 Å². The number of nitrogens with one attached hydrogen (secondary N) is 2. The lowest BCUT2D eigenvalue weighted by Crippen LogP contribution is -2.38.